The Balaban J connectivity index is 1.36. The Kier molecular flexibility index (Phi) is 4.62. The molecule has 6 heteroatoms. The number of hydrogen-bond donors (Lipinski definition) is 2. The fraction of sp³-hybridized carbons (Fsp3) is 0.286. The predicted molar refractivity (Wildman–Crippen MR) is 104 cm³/mol. The minimum Gasteiger partial charge on any atom is -0.326 e. The number of rotatable bonds is 5. The quantitative estimate of drug-likeness (QED) is 0.854. The van der Waals surface area contributed by atoms with Gasteiger partial charge in [-0.25, -0.2) is 0 Å². The van der Waals surface area contributed by atoms with Crippen LogP contribution in [0.5, 0.6) is 0 Å². The van der Waals surface area contributed by atoms with E-state index in [0.717, 1.165) is 37.2 Å². The number of nitrogens with zero attached hydrogens (tertiary/aromatic N) is 1. The number of carbonyl (C=O) groups is 3. The van der Waals surface area contributed by atoms with Crippen molar-refractivity contribution in [2.75, 3.05) is 22.1 Å². The van der Waals surface area contributed by atoms with Gasteiger partial charge in [0.2, 0.25) is 11.8 Å². The number of anilines is 3. The molecule has 3 amide bonds. The van der Waals surface area contributed by atoms with Gasteiger partial charge in [0.05, 0.1) is 0 Å². The molecule has 0 aromatic heterocycles. The van der Waals surface area contributed by atoms with Crippen molar-refractivity contribution >= 4 is 34.8 Å². The molecular weight excluding hydrogens is 342 g/mol. The van der Waals surface area contributed by atoms with Crippen LogP contribution in [0.1, 0.15) is 36.0 Å². The molecule has 1 aliphatic heterocycles. The van der Waals surface area contributed by atoms with E-state index < -0.39 is 0 Å². The lowest BCUT2D eigenvalue weighted by Gasteiger charge is -2.15. The number of amides is 3. The maximum atomic E-state index is 12.4. The summed E-state index contributed by atoms with van der Waals surface area (Å²) in [6.45, 7) is 0.730. The SMILES string of the molecule is O=C(Nc1ccc(NC(=O)C2CC2)cc1)c1ccc(N2CCCC2=O)cc1. The van der Waals surface area contributed by atoms with Gasteiger partial charge < -0.3 is 15.5 Å². The zero-order valence-electron chi connectivity index (χ0n) is 14.9. The number of hydrogen-bond acceptors (Lipinski definition) is 3. The minimum absolute atomic E-state index is 0.0587. The molecule has 2 aromatic carbocycles. The van der Waals surface area contributed by atoms with Gasteiger partial charge in [0.25, 0.3) is 5.91 Å². The molecular formula is C21H21N3O3. The highest BCUT2D eigenvalue weighted by Crippen LogP contribution is 2.30. The Labute approximate surface area is 157 Å². The molecule has 2 fully saturated rings. The molecule has 1 saturated heterocycles. The molecule has 4 rings (SSSR count). The van der Waals surface area contributed by atoms with E-state index in [1.54, 1.807) is 53.4 Å². The van der Waals surface area contributed by atoms with Gasteiger partial charge in [-0.2, -0.15) is 0 Å². The maximum absolute atomic E-state index is 12.4. The summed E-state index contributed by atoms with van der Waals surface area (Å²) < 4.78 is 0. The molecule has 1 aliphatic carbocycles. The lowest BCUT2D eigenvalue weighted by atomic mass is 10.1. The zero-order valence-corrected chi connectivity index (χ0v) is 14.9. The van der Waals surface area contributed by atoms with Crippen LogP contribution in [0, 0.1) is 5.92 Å². The molecule has 0 radical (unpaired) electrons. The van der Waals surface area contributed by atoms with E-state index in [4.69, 9.17) is 0 Å². The third kappa shape index (κ3) is 4.00. The van der Waals surface area contributed by atoms with Crippen LogP contribution in [0.3, 0.4) is 0 Å². The zero-order chi connectivity index (χ0) is 18.8. The van der Waals surface area contributed by atoms with Gasteiger partial charge in [0, 0.05) is 41.5 Å². The maximum Gasteiger partial charge on any atom is 0.255 e. The van der Waals surface area contributed by atoms with Crippen molar-refractivity contribution in [1.29, 1.82) is 0 Å². The summed E-state index contributed by atoms with van der Waals surface area (Å²) in [7, 11) is 0. The largest absolute Gasteiger partial charge is 0.326 e. The normalized spacial score (nSPS) is 16.3. The highest BCUT2D eigenvalue weighted by Gasteiger charge is 2.29. The third-order valence-electron chi connectivity index (χ3n) is 4.87. The molecule has 1 heterocycles. The first kappa shape index (κ1) is 17.3. The summed E-state index contributed by atoms with van der Waals surface area (Å²) in [5.41, 5.74) is 2.73. The summed E-state index contributed by atoms with van der Waals surface area (Å²) >= 11 is 0. The fourth-order valence-electron chi connectivity index (χ4n) is 3.14. The minimum atomic E-state index is -0.218. The second-order valence-corrected chi connectivity index (χ2v) is 6.99. The monoisotopic (exact) mass is 363 g/mol. The first-order valence-corrected chi connectivity index (χ1v) is 9.23. The van der Waals surface area contributed by atoms with Crippen LogP contribution in [0.4, 0.5) is 17.1 Å². The van der Waals surface area contributed by atoms with Crippen molar-refractivity contribution in [3.8, 4) is 0 Å². The van der Waals surface area contributed by atoms with Gasteiger partial charge in [0.15, 0.2) is 0 Å². The first-order chi connectivity index (χ1) is 13.1. The smallest absolute Gasteiger partial charge is 0.255 e. The Morgan fingerprint density at radius 1 is 0.889 bits per heavy atom. The van der Waals surface area contributed by atoms with Gasteiger partial charge in [-0.05, 0) is 67.8 Å². The van der Waals surface area contributed by atoms with Crippen molar-refractivity contribution in [2.24, 2.45) is 5.92 Å². The summed E-state index contributed by atoms with van der Waals surface area (Å²) in [6.07, 6.45) is 3.38. The second-order valence-electron chi connectivity index (χ2n) is 6.99. The van der Waals surface area contributed by atoms with Crippen molar-refractivity contribution in [2.45, 2.75) is 25.7 Å². The van der Waals surface area contributed by atoms with Gasteiger partial charge in [-0.15, -0.1) is 0 Å². The molecule has 0 spiro atoms. The van der Waals surface area contributed by atoms with Gasteiger partial charge in [-0.3, -0.25) is 14.4 Å². The molecule has 138 valence electrons. The molecule has 2 N–H and O–H groups in total. The molecule has 27 heavy (non-hydrogen) atoms. The Morgan fingerprint density at radius 3 is 2.07 bits per heavy atom. The van der Waals surface area contributed by atoms with Crippen LogP contribution in [0.25, 0.3) is 0 Å². The standard InChI is InChI=1S/C21H21N3O3/c25-19-2-1-13-24(19)18-11-5-15(6-12-18)21(27)23-17-9-7-16(8-10-17)22-20(26)14-3-4-14/h5-12,14H,1-4,13H2,(H,22,26)(H,23,27). The third-order valence-corrected chi connectivity index (χ3v) is 4.87. The van der Waals surface area contributed by atoms with E-state index in [-0.39, 0.29) is 23.6 Å². The topological polar surface area (TPSA) is 78.5 Å². The number of benzene rings is 2. The summed E-state index contributed by atoms with van der Waals surface area (Å²) in [5, 5.41) is 5.71. The predicted octanol–water partition coefficient (Wildman–Crippen LogP) is 3.41. The molecule has 0 bridgehead atoms. The van der Waals surface area contributed by atoms with E-state index in [2.05, 4.69) is 10.6 Å². The fourth-order valence-corrected chi connectivity index (χ4v) is 3.14. The summed E-state index contributed by atoms with van der Waals surface area (Å²) in [6, 6.07) is 14.1. The van der Waals surface area contributed by atoms with E-state index >= 15 is 0 Å². The van der Waals surface area contributed by atoms with Crippen LogP contribution < -0.4 is 15.5 Å². The van der Waals surface area contributed by atoms with Gasteiger partial charge in [0.1, 0.15) is 0 Å². The van der Waals surface area contributed by atoms with Gasteiger partial charge in [-0.1, -0.05) is 0 Å². The second kappa shape index (κ2) is 7.23. The summed E-state index contributed by atoms with van der Waals surface area (Å²) in [4.78, 5) is 37.7. The highest BCUT2D eigenvalue weighted by atomic mass is 16.2. The van der Waals surface area contributed by atoms with E-state index in [0.29, 0.717) is 17.7 Å². The van der Waals surface area contributed by atoms with Crippen LogP contribution in [0.2, 0.25) is 0 Å². The first-order valence-electron chi connectivity index (χ1n) is 9.23. The number of nitrogens with one attached hydrogen (secondary N) is 2. The Morgan fingerprint density at radius 2 is 1.52 bits per heavy atom. The lowest BCUT2D eigenvalue weighted by Crippen LogP contribution is -2.23. The van der Waals surface area contributed by atoms with Crippen LogP contribution in [0.15, 0.2) is 48.5 Å². The molecule has 2 aliphatic rings. The van der Waals surface area contributed by atoms with Crippen LogP contribution in [-0.2, 0) is 9.59 Å². The Hall–Kier alpha value is -3.15. The van der Waals surface area contributed by atoms with Crippen molar-refractivity contribution in [1.82, 2.24) is 0 Å². The molecule has 2 aromatic rings. The number of carbonyl (C=O) groups excluding carboxylic acids is 3. The summed E-state index contributed by atoms with van der Waals surface area (Å²) in [5.74, 6) is 0.122. The van der Waals surface area contributed by atoms with Crippen molar-refractivity contribution < 1.29 is 14.4 Å². The lowest BCUT2D eigenvalue weighted by molar-refractivity contribution is -0.118. The van der Waals surface area contributed by atoms with E-state index in [1.807, 2.05) is 0 Å². The van der Waals surface area contributed by atoms with Crippen molar-refractivity contribution in [3.05, 3.63) is 54.1 Å². The molecule has 1 saturated carbocycles. The van der Waals surface area contributed by atoms with Crippen LogP contribution in [-0.4, -0.2) is 24.3 Å². The highest BCUT2D eigenvalue weighted by molar-refractivity contribution is 6.05. The molecule has 0 atom stereocenters. The van der Waals surface area contributed by atoms with Gasteiger partial charge >= 0.3 is 0 Å². The van der Waals surface area contributed by atoms with E-state index in [9.17, 15) is 14.4 Å². The van der Waals surface area contributed by atoms with Crippen LogP contribution >= 0.6 is 0 Å². The molecule has 0 unspecified atom stereocenters. The molecule has 6 nitrogen and oxygen atoms in total. The average molecular weight is 363 g/mol. The van der Waals surface area contributed by atoms with Crippen molar-refractivity contribution in [3.63, 3.8) is 0 Å². The van der Waals surface area contributed by atoms with E-state index in [1.165, 1.54) is 0 Å². The Bertz CT molecular complexity index is 871. The average Bonchev–Trinajstić information content (AvgIpc) is 3.45.